The van der Waals surface area contributed by atoms with Crippen LogP contribution in [0.3, 0.4) is 0 Å². The first-order valence-electron chi connectivity index (χ1n) is 7.06. The number of nitrogens with one attached hydrogen (secondary N) is 2. The maximum Gasteiger partial charge on any atom is 0.337 e. The van der Waals surface area contributed by atoms with Gasteiger partial charge in [-0.1, -0.05) is 12.1 Å². The average Bonchev–Trinajstić information content (AvgIpc) is 3.10. The summed E-state index contributed by atoms with van der Waals surface area (Å²) in [5.41, 5.74) is 9.43. The van der Waals surface area contributed by atoms with Crippen molar-refractivity contribution in [1.82, 2.24) is 19.9 Å². The SMILES string of the molecule is Nc1cccc2[nH]c(Cc3nc4c(C(=O)O)cccc4[nH]3)nc12. The van der Waals surface area contributed by atoms with Gasteiger partial charge >= 0.3 is 5.97 Å². The van der Waals surface area contributed by atoms with E-state index in [1.807, 2.05) is 12.1 Å². The van der Waals surface area contributed by atoms with E-state index in [2.05, 4.69) is 19.9 Å². The molecule has 114 valence electrons. The Bertz CT molecular complexity index is 1050. The highest BCUT2D eigenvalue weighted by molar-refractivity contribution is 6.00. The zero-order valence-corrected chi connectivity index (χ0v) is 12.0. The second kappa shape index (κ2) is 4.84. The molecule has 0 unspecified atom stereocenters. The number of benzene rings is 2. The van der Waals surface area contributed by atoms with E-state index in [-0.39, 0.29) is 5.56 Å². The number of nitrogens with zero attached hydrogens (tertiary/aromatic N) is 2. The first-order valence-corrected chi connectivity index (χ1v) is 7.06. The second-order valence-electron chi connectivity index (χ2n) is 5.29. The average molecular weight is 307 g/mol. The molecule has 7 nitrogen and oxygen atoms in total. The summed E-state index contributed by atoms with van der Waals surface area (Å²) < 4.78 is 0. The van der Waals surface area contributed by atoms with Gasteiger partial charge in [0.2, 0.25) is 0 Å². The van der Waals surface area contributed by atoms with E-state index in [0.29, 0.717) is 34.8 Å². The topological polar surface area (TPSA) is 121 Å². The number of aromatic carboxylic acids is 1. The van der Waals surface area contributed by atoms with Crippen molar-refractivity contribution in [3.8, 4) is 0 Å². The Hall–Kier alpha value is -3.35. The highest BCUT2D eigenvalue weighted by atomic mass is 16.4. The van der Waals surface area contributed by atoms with Crippen LogP contribution in [0, 0.1) is 0 Å². The summed E-state index contributed by atoms with van der Waals surface area (Å²) in [6.45, 7) is 0. The molecule has 5 N–H and O–H groups in total. The number of hydrogen-bond donors (Lipinski definition) is 4. The molecule has 7 heteroatoms. The van der Waals surface area contributed by atoms with E-state index in [0.717, 1.165) is 11.0 Å². The quantitative estimate of drug-likeness (QED) is 0.433. The van der Waals surface area contributed by atoms with Crippen LogP contribution in [0.2, 0.25) is 0 Å². The van der Waals surface area contributed by atoms with Crippen LogP contribution in [0.15, 0.2) is 36.4 Å². The smallest absolute Gasteiger partial charge is 0.337 e. The van der Waals surface area contributed by atoms with Crippen LogP contribution >= 0.6 is 0 Å². The first kappa shape index (κ1) is 13.3. The number of anilines is 1. The fraction of sp³-hybridized carbons (Fsp3) is 0.0625. The fourth-order valence-electron chi connectivity index (χ4n) is 2.69. The summed E-state index contributed by atoms with van der Waals surface area (Å²) in [7, 11) is 0. The molecular weight excluding hydrogens is 294 g/mol. The molecule has 0 fully saturated rings. The minimum absolute atomic E-state index is 0.179. The molecular formula is C16H13N5O2. The highest BCUT2D eigenvalue weighted by Gasteiger charge is 2.14. The summed E-state index contributed by atoms with van der Waals surface area (Å²) >= 11 is 0. The minimum atomic E-state index is -0.995. The van der Waals surface area contributed by atoms with E-state index < -0.39 is 5.97 Å². The standard InChI is InChI=1S/C16H13N5O2/c17-9-4-2-6-11-15(9)21-13(19-11)7-12-18-10-5-1-3-8(16(22)23)14(10)20-12/h1-6H,7,17H2,(H,18,20)(H,19,21)(H,22,23). The molecule has 2 heterocycles. The van der Waals surface area contributed by atoms with E-state index >= 15 is 0 Å². The fourth-order valence-corrected chi connectivity index (χ4v) is 2.69. The van der Waals surface area contributed by atoms with Crippen molar-refractivity contribution < 1.29 is 9.90 Å². The number of imidazole rings is 2. The molecule has 23 heavy (non-hydrogen) atoms. The summed E-state index contributed by atoms with van der Waals surface area (Å²) in [6.07, 6.45) is 0.432. The van der Waals surface area contributed by atoms with Crippen molar-refractivity contribution in [3.05, 3.63) is 53.6 Å². The van der Waals surface area contributed by atoms with Crippen LogP contribution in [0.25, 0.3) is 22.1 Å². The maximum absolute atomic E-state index is 11.3. The highest BCUT2D eigenvalue weighted by Crippen LogP contribution is 2.21. The number of hydrogen-bond acceptors (Lipinski definition) is 4. The van der Waals surface area contributed by atoms with Crippen molar-refractivity contribution in [2.45, 2.75) is 6.42 Å². The molecule has 4 aromatic rings. The monoisotopic (exact) mass is 307 g/mol. The zero-order valence-electron chi connectivity index (χ0n) is 12.0. The van der Waals surface area contributed by atoms with Crippen LogP contribution in [0.4, 0.5) is 5.69 Å². The predicted molar refractivity (Wildman–Crippen MR) is 86.4 cm³/mol. The Labute approximate surface area is 130 Å². The molecule has 2 aromatic carbocycles. The Morgan fingerprint density at radius 3 is 2.26 bits per heavy atom. The molecule has 0 radical (unpaired) electrons. The lowest BCUT2D eigenvalue weighted by atomic mass is 10.2. The van der Waals surface area contributed by atoms with Crippen molar-refractivity contribution in [3.63, 3.8) is 0 Å². The number of nitrogen functional groups attached to an aromatic ring is 1. The summed E-state index contributed by atoms with van der Waals surface area (Å²) in [5, 5.41) is 9.22. The van der Waals surface area contributed by atoms with Gasteiger partial charge in [0, 0.05) is 0 Å². The third-order valence-electron chi connectivity index (χ3n) is 3.72. The van der Waals surface area contributed by atoms with Crippen molar-refractivity contribution in [2.75, 3.05) is 5.73 Å². The molecule has 0 atom stereocenters. The Kier molecular flexibility index (Phi) is 2.80. The van der Waals surface area contributed by atoms with E-state index in [1.165, 1.54) is 6.07 Å². The lowest BCUT2D eigenvalue weighted by molar-refractivity contribution is 0.0699. The van der Waals surface area contributed by atoms with Crippen LogP contribution < -0.4 is 5.73 Å². The van der Waals surface area contributed by atoms with Gasteiger partial charge in [-0.15, -0.1) is 0 Å². The largest absolute Gasteiger partial charge is 0.478 e. The third kappa shape index (κ3) is 2.18. The molecule has 0 saturated heterocycles. The van der Waals surface area contributed by atoms with Gasteiger partial charge in [-0.2, -0.15) is 0 Å². The lowest BCUT2D eigenvalue weighted by Crippen LogP contribution is -1.97. The van der Waals surface area contributed by atoms with Crippen LogP contribution in [-0.2, 0) is 6.42 Å². The van der Waals surface area contributed by atoms with Crippen LogP contribution in [0.1, 0.15) is 22.0 Å². The van der Waals surface area contributed by atoms with E-state index in [4.69, 9.17) is 5.73 Å². The van der Waals surface area contributed by atoms with Gasteiger partial charge < -0.3 is 20.8 Å². The number of H-pyrrole nitrogens is 2. The summed E-state index contributed by atoms with van der Waals surface area (Å²) in [6, 6.07) is 10.6. The van der Waals surface area contributed by atoms with Gasteiger partial charge in [0.05, 0.1) is 28.7 Å². The summed E-state index contributed by atoms with van der Waals surface area (Å²) in [4.78, 5) is 26.5. The molecule has 0 spiro atoms. The number of para-hydroxylation sites is 2. The summed E-state index contributed by atoms with van der Waals surface area (Å²) in [5.74, 6) is 0.366. The van der Waals surface area contributed by atoms with Crippen LogP contribution in [-0.4, -0.2) is 31.0 Å². The number of carbonyl (C=O) groups is 1. The van der Waals surface area contributed by atoms with Crippen molar-refractivity contribution in [1.29, 1.82) is 0 Å². The Morgan fingerprint density at radius 1 is 1.00 bits per heavy atom. The normalized spacial score (nSPS) is 11.3. The molecule has 2 aromatic heterocycles. The minimum Gasteiger partial charge on any atom is -0.478 e. The number of aromatic nitrogens is 4. The van der Waals surface area contributed by atoms with E-state index in [9.17, 15) is 9.90 Å². The third-order valence-corrected chi connectivity index (χ3v) is 3.72. The number of fused-ring (bicyclic) bond motifs is 2. The van der Waals surface area contributed by atoms with Gasteiger partial charge in [0.1, 0.15) is 22.7 Å². The van der Waals surface area contributed by atoms with Gasteiger partial charge in [-0.05, 0) is 24.3 Å². The number of aromatic amines is 2. The van der Waals surface area contributed by atoms with Crippen LogP contribution in [0.5, 0.6) is 0 Å². The molecule has 0 bridgehead atoms. The zero-order chi connectivity index (χ0) is 16.0. The van der Waals surface area contributed by atoms with Crippen molar-refractivity contribution >= 4 is 33.7 Å². The van der Waals surface area contributed by atoms with Crippen molar-refractivity contribution in [2.24, 2.45) is 0 Å². The first-order chi connectivity index (χ1) is 11.1. The molecule has 4 rings (SSSR count). The number of rotatable bonds is 3. The van der Waals surface area contributed by atoms with Gasteiger partial charge in [-0.25, -0.2) is 14.8 Å². The Balaban J connectivity index is 1.75. The Morgan fingerprint density at radius 2 is 1.61 bits per heavy atom. The second-order valence-corrected chi connectivity index (χ2v) is 5.29. The molecule has 0 aliphatic carbocycles. The van der Waals surface area contributed by atoms with Gasteiger partial charge in [0.15, 0.2) is 0 Å². The van der Waals surface area contributed by atoms with Gasteiger partial charge in [-0.3, -0.25) is 0 Å². The molecule has 0 amide bonds. The molecule has 0 aliphatic rings. The lowest BCUT2D eigenvalue weighted by Gasteiger charge is -1.93. The number of carboxylic acid groups (broad SMARTS) is 1. The predicted octanol–water partition coefficient (Wildman–Crippen LogP) is 2.31. The number of carboxylic acids is 1. The molecule has 0 aliphatic heterocycles. The molecule has 0 saturated carbocycles. The number of nitrogens with two attached hydrogens (primary N) is 1. The maximum atomic E-state index is 11.3. The van der Waals surface area contributed by atoms with E-state index in [1.54, 1.807) is 18.2 Å². The van der Waals surface area contributed by atoms with Gasteiger partial charge in [0.25, 0.3) is 0 Å².